The van der Waals surface area contributed by atoms with Crippen molar-refractivity contribution in [1.29, 1.82) is 0 Å². The van der Waals surface area contributed by atoms with E-state index in [1.165, 1.54) is 0 Å². The van der Waals surface area contributed by atoms with Gasteiger partial charge in [0.25, 0.3) is 0 Å². The van der Waals surface area contributed by atoms with E-state index in [9.17, 15) is 22.8 Å². The molecule has 4 aromatic carbocycles. The van der Waals surface area contributed by atoms with Crippen LogP contribution in [0.15, 0.2) is 97.1 Å². The molecule has 4 nitrogen and oxygen atoms in total. The van der Waals surface area contributed by atoms with Crippen LogP contribution in [0.25, 0.3) is 22.3 Å². The second-order valence-electron chi connectivity index (χ2n) is 10.9. The molecule has 7 heteroatoms. The number of nitrogens with one attached hydrogen (secondary N) is 1. The van der Waals surface area contributed by atoms with Gasteiger partial charge in [-0.15, -0.1) is 0 Å². The van der Waals surface area contributed by atoms with E-state index in [4.69, 9.17) is 5.73 Å². The molecule has 0 unspecified atom stereocenters. The number of hydrogen-bond donors (Lipinski definition) is 2. The van der Waals surface area contributed by atoms with Gasteiger partial charge in [-0.05, 0) is 57.3 Å². The van der Waals surface area contributed by atoms with Crippen molar-refractivity contribution in [2.24, 2.45) is 5.73 Å². The summed E-state index contributed by atoms with van der Waals surface area (Å²) in [5.74, 6) is -1.11. The summed E-state index contributed by atoms with van der Waals surface area (Å²) in [6.45, 7) is -1.41. The second-order valence-corrected chi connectivity index (χ2v) is 10.9. The number of amides is 2. The maximum absolute atomic E-state index is 13.8. The Kier molecular flexibility index (Phi) is 6.48. The summed E-state index contributed by atoms with van der Waals surface area (Å²) in [5.41, 5.74) is 10.6. The third-order valence-corrected chi connectivity index (χ3v) is 8.74. The van der Waals surface area contributed by atoms with E-state index >= 15 is 0 Å². The number of benzene rings is 4. The van der Waals surface area contributed by atoms with Crippen molar-refractivity contribution in [2.45, 2.75) is 42.7 Å². The van der Waals surface area contributed by atoms with E-state index in [0.717, 1.165) is 33.4 Å². The molecule has 0 aromatic heterocycles. The number of unbranched alkanes of at least 4 members (excludes halogenated alkanes) is 1. The van der Waals surface area contributed by atoms with Crippen molar-refractivity contribution in [2.75, 3.05) is 6.54 Å². The Balaban J connectivity index is 1.35. The SMILES string of the molecule is NC(=O)C1(CCCCC2(C(=O)NCC(F)(F)F)c3ccccc3-c3ccccc32)c2ccccc2-c2ccccc21. The zero-order valence-corrected chi connectivity index (χ0v) is 22.3. The highest BCUT2D eigenvalue weighted by Gasteiger charge is 2.50. The van der Waals surface area contributed by atoms with E-state index in [-0.39, 0.29) is 6.42 Å². The van der Waals surface area contributed by atoms with Crippen LogP contribution >= 0.6 is 0 Å². The Morgan fingerprint density at radius 2 is 0.951 bits per heavy atom. The predicted molar refractivity (Wildman–Crippen MR) is 152 cm³/mol. The zero-order chi connectivity index (χ0) is 28.8. The average Bonchev–Trinajstić information content (AvgIpc) is 3.43. The van der Waals surface area contributed by atoms with Crippen LogP contribution in [0.3, 0.4) is 0 Å². The average molecular weight is 555 g/mol. The summed E-state index contributed by atoms with van der Waals surface area (Å²) in [5, 5.41) is 2.18. The summed E-state index contributed by atoms with van der Waals surface area (Å²) in [6.07, 6.45) is -2.82. The number of alkyl halides is 3. The van der Waals surface area contributed by atoms with Gasteiger partial charge in [-0.2, -0.15) is 13.2 Å². The van der Waals surface area contributed by atoms with Gasteiger partial charge in [0.1, 0.15) is 12.0 Å². The van der Waals surface area contributed by atoms with Crippen molar-refractivity contribution < 1.29 is 22.8 Å². The molecule has 0 saturated heterocycles. The van der Waals surface area contributed by atoms with Crippen LogP contribution in [0, 0.1) is 0 Å². The van der Waals surface area contributed by atoms with E-state index < -0.39 is 35.4 Å². The lowest BCUT2D eigenvalue weighted by Gasteiger charge is -2.32. The molecule has 208 valence electrons. The largest absolute Gasteiger partial charge is 0.405 e. The fraction of sp³-hybridized carbons (Fsp3) is 0.235. The van der Waals surface area contributed by atoms with E-state index in [1.54, 1.807) is 0 Å². The van der Waals surface area contributed by atoms with E-state index in [1.807, 2.05) is 97.1 Å². The lowest BCUT2D eigenvalue weighted by Crippen LogP contribution is -2.47. The Morgan fingerprint density at radius 3 is 1.32 bits per heavy atom. The first-order chi connectivity index (χ1) is 19.7. The lowest BCUT2D eigenvalue weighted by molar-refractivity contribution is -0.141. The molecular formula is C34H29F3N2O2. The first-order valence-corrected chi connectivity index (χ1v) is 13.7. The second kappa shape index (κ2) is 9.91. The Hall–Kier alpha value is -4.39. The highest BCUT2D eigenvalue weighted by atomic mass is 19.4. The smallest absolute Gasteiger partial charge is 0.369 e. The third kappa shape index (κ3) is 4.14. The number of nitrogens with two attached hydrogens (primary N) is 1. The monoisotopic (exact) mass is 554 g/mol. The normalized spacial score (nSPS) is 15.4. The van der Waals surface area contributed by atoms with Gasteiger partial charge < -0.3 is 11.1 Å². The Bertz CT molecular complexity index is 1570. The van der Waals surface area contributed by atoms with E-state index in [0.29, 0.717) is 30.4 Å². The van der Waals surface area contributed by atoms with Gasteiger partial charge in [-0.25, -0.2) is 0 Å². The highest BCUT2D eigenvalue weighted by Crippen LogP contribution is 2.54. The molecule has 3 N–H and O–H groups in total. The van der Waals surface area contributed by atoms with Gasteiger partial charge in [0.2, 0.25) is 11.8 Å². The molecule has 0 spiro atoms. The Morgan fingerprint density at radius 1 is 0.610 bits per heavy atom. The van der Waals surface area contributed by atoms with Crippen molar-refractivity contribution in [3.05, 3.63) is 119 Å². The van der Waals surface area contributed by atoms with Gasteiger partial charge >= 0.3 is 6.18 Å². The zero-order valence-electron chi connectivity index (χ0n) is 22.3. The Labute approximate surface area is 236 Å². The fourth-order valence-corrected chi connectivity index (χ4v) is 7.05. The predicted octanol–water partition coefficient (Wildman–Crippen LogP) is 6.64. The van der Waals surface area contributed by atoms with Crippen LogP contribution < -0.4 is 11.1 Å². The molecule has 2 aliphatic carbocycles. The molecule has 0 heterocycles. The number of hydrogen-bond acceptors (Lipinski definition) is 2. The number of carbonyl (C=O) groups excluding carboxylic acids is 2. The van der Waals surface area contributed by atoms with Gasteiger partial charge in [0.15, 0.2) is 0 Å². The number of halogens is 3. The maximum Gasteiger partial charge on any atom is 0.405 e. The maximum atomic E-state index is 13.8. The fourth-order valence-electron chi connectivity index (χ4n) is 7.05. The number of fused-ring (bicyclic) bond motifs is 6. The number of primary amides is 1. The molecule has 41 heavy (non-hydrogen) atoms. The van der Waals surface area contributed by atoms with Gasteiger partial charge in [-0.1, -0.05) is 110 Å². The van der Waals surface area contributed by atoms with Crippen molar-refractivity contribution in [3.63, 3.8) is 0 Å². The van der Waals surface area contributed by atoms with Crippen LogP contribution in [0.1, 0.15) is 47.9 Å². The molecule has 0 aliphatic heterocycles. The molecular weight excluding hydrogens is 525 g/mol. The summed E-state index contributed by atoms with van der Waals surface area (Å²) in [7, 11) is 0. The topological polar surface area (TPSA) is 72.2 Å². The molecule has 4 aromatic rings. The van der Waals surface area contributed by atoms with Gasteiger partial charge in [0.05, 0.1) is 5.41 Å². The minimum absolute atomic E-state index is 0.281. The summed E-state index contributed by atoms with van der Waals surface area (Å²) < 4.78 is 39.6. The molecule has 0 atom stereocenters. The van der Waals surface area contributed by atoms with E-state index in [2.05, 4.69) is 5.32 Å². The quantitative estimate of drug-likeness (QED) is 0.240. The minimum Gasteiger partial charge on any atom is -0.369 e. The molecule has 0 fully saturated rings. The van der Waals surface area contributed by atoms with Crippen molar-refractivity contribution in [1.82, 2.24) is 5.32 Å². The molecule has 2 amide bonds. The van der Waals surface area contributed by atoms with Crippen LogP contribution in [0.4, 0.5) is 13.2 Å². The third-order valence-electron chi connectivity index (χ3n) is 8.74. The highest BCUT2D eigenvalue weighted by molar-refractivity contribution is 6.01. The van der Waals surface area contributed by atoms with Crippen LogP contribution in [0.5, 0.6) is 0 Å². The van der Waals surface area contributed by atoms with Crippen molar-refractivity contribution in [3.8, 4) is 22.3 Å². The van der Waals surface area contributed by atoms with Crippen LogP contribution in [0.2, 0.25) is 0 Å². The molecule has 2 aliphatic rings. The lowest BCUT2D eigenvalue weighted by atomic mass is 9.70. The summed E-state index contributed by atoms with van der Waals surface area (Å²) in [6, 6.07) is 30.4. The molecule has 6 rings (SSSR count). The minimum atomic E-state index is -4.54. The molecule has 0 saturated carbocycles. The first kappa shape index (κ1) is 26.8. The first-order valence-electron chi connectivity index (χ1n) is 13.7. The molecule has 0 radical (unpaired) electrons. The molecule has 0 bridgehead atoms. The van der Waals surface area contributed by atoms with Crippen LogP contribution in [-0.2, 0) is 20.4 Å². The summed E-state index contributed by atoms with van der Waals surface area (Å²) in [4.78, 5) is 27.0. The van der Waals surface area contributed by atoms with Crippen LogP contribution in [-0.4, -0.2) is 24.5 Å². The summed E-state index contributed by atoms with van der Waals surface area (Å²) >= 11 is 0. The number of rotatable bonds is 8. The number of carbonyl (C=O) groups is 2. The van der Waals surface area contributed by atoms with Crippen molar-refractivity contribution >= 4 is 11.8 Å². The van der Waals surface area contributed by atoms with Gasteiger partial charge in [0, 0.05) is 0 Å². The van der Waals surface area contributed by atoms with Gasteiger partial charge in [-0.3, -0.25) is 9.59 Å². The standard InChI is InChI=1S/C34H29F3N2O2/c35-34(36,37)21-39-31(41)33(28-17-7-3-13-24(28)25-14-4-8-18-29(25)33)20-10-9-19-32(30(38)40)26-15-5-1-11-22(26)23-12-2-6-16-27(23)32/h1-8,11-18H,9-10,19-21H2,(H2,38,40)(H,39,41).